The normalized spacial score (nSPS) is 11.4. The van der Waals surface area contributed by atoms with Crippen LogP contribution in [-0.2, 0) is 6.54 Å². The molecule has 0 N–H and O–H groups in total. The maximum absolute atomic E-state index is 5.77. The van der Waals surface area contributed by atoms with E-state index >= 15 is 0 Å². The van der Waals surface area contributed by atoms with Crippen molar-refractivity contribution in [1.29, 1.82) is 0 Å². The zero-order valence-electron chi connectivity index (χ0n) is 8.11. The van der Waals surface area contributed by atoms with Crippen molar-refractivity contribution in [2.24, 2.45) is 5.92 Å². The van der Waals surface area contributed by atoms with Gasteiger partial charge in [-0.3, -0.25) is 0 Å². The van der Waals surface area contributed by atoms with E-state index in [9.17, 15) is 0 Å². The summed E-state index contributed by atoms with van der Waals surface area (Å²) in [6.07, 6.45) is 3.24. The smallest absolute Gasteiger partial charge is 0.178 e. The zero-order valence-corrected chi connectivity index (χ0v) is 8.86. The first-order valence-corrected chi connectivity index (χ1v) is 4.88. The summed E-state index contributed by atoms with van der Waals surface area (Å²) in [5.41, 5.74) is 1.54. The van der Waals surface area contributed by atoms with E-state index in [0.717, 1.165) is 17.7 Å². The molecule has 14 heavy (non-hydrogen) atoms. The quantitative estimate of drug-likeness (QED) is 0.763. The largest absolute Gasteiger partial charge is 0.248 e. The van der Waals surface area contributed by atoms with Crippen LogP contribution in [0.2, 0.25) is 5.15 Å². The second kappa shape index (κ2) is 3.53. The van der Waals surface area contributed by atoms with Crippen LogP contribution < -0.4 is 0 Å². The van der Waals surface area contributed by atoms with Crippen molar-refractivity contribution < 1.29 is 0 Å². The molecule has 0 aliphatic heterocycles. The molecular formula is C9H11ClN4. The molecular weight excluding hydrogens is 200 g/mol. The van der Waals surface area contributed by atoms with E-state index in [1.54, 1.807) is 6.20 Å². The molecule has 4 nitrogen and oxygen atoms in total. The lowest BCUT2D eigenvalue weighted by molar-refractivity contribution is 0.492. The zero-order chi connectivity index (χ0) is 10.1. The van der Waals surface area contributed by atoms with Gasteiger partial charge in [0.15, 0.2) is 5.65 Å². The molecule has 2 heterocycles. The Labute approximate surface area is 86.9 Å². The average molecular weight is 211 g/mol. The fourth-order valence-corrected chi connectivity index (χ4v) is 1.44. The lowest BCUT2D eigenvalue weighted by Crippen LogP contribution is -2.06. The summed E-state index contributed by atoms with van der Waals surface area (Å²) >= 11 is 5.77. The van der Waals surface area contributed by atoms with Gasteiger partial charge in [-0.2, -0.15) is 5.10 Å². The number of aromatic nitrogens is 4. The first-order valence-electron chi connectivity index (χ1n) is 4.51. The number of hydrogen-bond acceptors (Lipinski definition) is 3. The van der Waals surface area contributed by atoms with Crippen LogP contribution in [0.25, 0.3) is 11.2 Å². The highest BCUT2D eigenvalue weighted by atomic mass is 35.5. The van der Waals surface area contributed by atoms with Crippen molar-refractivity contribution >= 4 is 22.8 Å². The summed E-state index contributed by atoms with van der Waals surface area (Å²) in [6, 6.07) is 0. The molecule has 0 aliphatic carbocycles. The van der Waals surface area contributed by atoms with Gasteiger partial charge in [0, 0.05) is 6.54 Å². The Kier molecular flexibility index (Phi) is 2.37. The van der Waals surface area contributed by atoms with E-state index in [2.05, 4.69) is 28.9 Å². The fourth-order valence-electron chi connectivity index (χ4n) is 1.31. The van der Waals surface area contributed by atoms with Gasteiger partial charge in [0.25, 0.3) is 0 Å². The maximum Gasteiger partial charge on any atom is 0.178 e. The third-order valence-corrected chi connectivity index (χ3v) is 2.04. The molecule has 0 bridgehead atoms. The molecule has 0 fully saturated rings. The molecule has 0 aliphatic rings. The number of fused-ring (bicyclic) bond motifs is 1. The molecule has 2 aromatic heterocycles. The van der Waals surface area contributed by atoms with E-state index in [1.165, 1.54) is 6.20 Å². The summed E-state index contributed by atoms with van der Waals surface area (Å²) in [4.78, 5) is 8.32. The highest BCUT2D eigenvalue weighted by molar-refractivity contribution is 6.29. The maximum atomic E-state index is 5.77. The van der Waals surface area contributed by atoms with Gasteiger partial charge in [0.1, 0.15) is 10.7 Å². The fraction of sp³-hybridized carbons (Fsp3) is 0.444. The van der Waals surface area contributed by atoms with Crippen LogP contribution in [0.4, 0.5) is 0 Å². The second-order valence-electron chi connectivity index (χ2n) is 3.62. The van der Waals surface area contributed by atoms with Crippen LogP contribution >= 0.6 is 11.6 Å². The van der Waals surface area contributed by atoms with Crippen LogP contribution in [0.15, 0.2) is 12.4 Å². The standard InChI is InChI=1S/C9H11ClN4/c1-6(2)5-14-9-7(3-12-14)11-4-8(10)13-9/h3-4,6H,5H2,1-2H3. The van der Waals surface area contributed by atoms with Crippen molar-refractivity contribution in [3.05, 3.63) is 17.5 Å². The Morgan fingerprint density at radius 1 is 1.43 bits per heavy atom. The number of rotatable bonds is 2. The average Bonchev–Trinajstić information content (AvgIpc) is 2.47. The van der Waals surface area contributed by atoms with E-state index in [4.69, 9.17) is 11.6 Å². The van der Waals surface area contributed by atoms with Crippen molar-refractivity contribution in [2.75, 3.05) is 0 Å². The molecule has 0 atom stereocenters. The van der Waals surface area contributed by atoms with Gasteiger partial charge < -0.3 is 0 Å². The topological polar surface area (TPSA) is 43.6 Å². The Hall–Kier alpha value is -1.16. The Balaban J connectivity index is 2.50. The molecule has 0 aromatic carbocycles. The Morgan fingerprint density at radius 2 is 2.21 bits per heavy atom. The molecule has 0 amide bonds. The summed E-state index contributed by atoms with van der Waals surface area (Å²) in [6.45, 7) is 5.09. The summed E-state index contributed by atoms with van der Waals surface area (Å²) in [5.74, 6) is 0.527. The molecule has 5 heteroatoms. The van der Waals surface area contributed by atoms with Crippen molar-refractivity contribution in [3.8, 4) is 0 Å². The van der Waals surface area contributed by atoms with E-state index in [1.807, 2.05) is 4.68 Å². The second-order valence-corrected chi connectivity index (χ2v) is 4.01. The van der Waals surface area contributed by atoms with Gasteiger partial charge in [0.2, 0.25) is 0 Å². The van der Waals surface area contributed by atoms with E-state index in [-0.39, 0.29) is 0 Å². The van der Waals surface area contributed by atoms with Crippen LogP contribution in [0, 0.1) is 5.92 Å². The number of nitrogens with zero attached hydrogens (tertiary/aromatic N) is 4. The first kappa shape index (κ1) is 9.40. The lowest BCUT2D eigenvalue weighted by Gasteiger charge is -2.04. The molecule has 0 radical (unpaired) electrons. The van der Waals surface area contributed by atoms with Crippen LogP contribution in [-0.4, -0.2) is 19.7 Å². The summed E-state index contributed by atoms with van der Waals surface area (Å²) in [5, 5.41) is 4.62. The molecule has 0 unspecified atom stereocenters. The Morgan fingerprint density at radius 3 is 2.93 bits per heavy atom. The lowest BCUT2D eigenvalue weighted by atomic mass is 10.2. The number of halogens is 1. The Bertz CT molecular complexity index is 449. The minimum atomic E-state index is 0.406. The minimum Gasteiger partial charge on any atom is -0.248 e. The monoisotopic (exact) mass is 210 g/mol. The van der Waals surface area contributed by atoms with Gasteiger partial charge >= 0.3 is 0 Å². The molecule has 2 rings (SSSR count). The number of hydrogen-bond donors (Lipinski definition) is 0. The van der Waals surface area contributed by atoms with Crippen LogP contribution in [0.1, 0.15) is 13.8 Å². The van der Waals surface area contributed by atoms with E-state index < -0.39 is 0 Å². The molecule has 2 aromatic rings. The van der Waals surface area contributed by atoms with Crippen molar-refractivity contribution in [1.82, 2.24) is 19.7 Å². The third-order valence-electron chi connectivity index (χ3n) is 1.85. The highest BCUT2D eigenvalue weighted by Crippen LogP contribution is 2.12. The van der Waals surface area contributed by atoms with Gasteiger partial charge in [-0.25, -0.2) is 14.6 Å². The van der Waals surface area contributed by atoms with Crippen molar-refractivity contribution in [3.63, 3.8) is 0 Å². The van der Waals surface area contributed by atoms with Crippen LogP contribution in [0.3, 0.4) is 0 Å². The molecule has 74 valence electrons. The minimum absolute atomic E-state index is 0.406. The van der Waals surface area contributed by atoms with E-state index in [0.29, 0.717) is 11.1 Å². The molecule has 0 saturated carbocycles. The SMILES string of the molecule is CC(C)Cn1ncc2ncc(Cl)nc21. The first-order chi connectivity index (χ1) is 6.66. The van der Waals surface area contributed by atoms with Gasteiger partial charge in [-0.05, 0) is 5.92 Å². The molecule has 0 saturated heterocycles. The summed E-state index contributed by atoms with van der Waals surface area (Å²) < 4.78 is 1.83. The predicted octanol–water partition coefficient (Wildman–Crippen LogP) is 2.14. The van der Waals surface area contributed by atoms with Crippen LogP contribution in [0.5, 0.6) is 0 Å². The van der Waals surface area contributed by atoms with Gasteiger partial charge in [-0.15, -0.1) is 0 Å². The predicted molar refractivity (Wildman–Crippen MR) is 55.2 cm³/mol. The summed E-state index contributed by atoms with van der Waals surface area (Å²) in [7, 11) is 0. The van der Waals surface area contributed by atoms with Gasteiger partial charge in [0.05, 0.1) is 12.4 Å². The van der Waals surface area contributed by atoms with Crippen molar-refractivity contribution in [2.45, 2.75) is 20.4 Å². The third kappa shape index (κ3) is 1.70. The van der Waals surface area contributed by atoms with Gasteiger partial charge in [-0.1, -0.05) is 25.4 Å². The molecule has 0 spiro atoms. The highest BCUT2D eigenvalue weighted by Gasteiger charge is 2.06.